The van der Waals surface area contributed by atoms with Crippen LogP contribution in [0.25, 0.3) is 0 Å². The molecule has 2 rings (SSSR count). The molecular weight excluding hydrogens is 366 g/mol. The number of rotatable bonds is 5. The molecule has 12 nitrogen and oxygen atoms in total. The Kier molecular flexibility index (Phi) is 6.50. The van der Waals surface area contributed by atoms with Crippen molar-refractivity contribution < 1.29 is 14.4 Å². The van der Waals surface area contributed by atoms with E-state index in [1.54, 1.807) is 24.3 Å². The van der Waals surface area contributed by atoms with Gasteiger partial charge in [0, 0.05) is 19.5 Å². The molecule has 0 bridgehead atoms. The molecule has 0 saturated heterocycles. The fourth-order valence-electron chi connectivity index (χ4n) is 2.58. The van der Waals surface area contributed by atoms with Gasteiger partial charge in [-0.3, -0.25) is 20.2 Å². The molecule has 2 atom stereocenters. The average Bonchev–Trinajstić information content (AvgIpc) is 2.60. The fourth-order valence-corrected chi connectivity index (χ4v) is 2.58. The van der Waals surface area contributed by atoms with Crippen molar-refractivity contribution in [2.45, 2.75) is 18.5 Å². The van der Waals surface area contributed by atoms with Crippen molar-refractivity contribution in [3.8, 4) is 0 Å². The van der Waals surface area contributed by atoms with Gasteiger partial charge in [-0.1, -0.05) is 12.1 Å². The van der Waals surface area contributed by atoms with Crippen molar-refractivity contribution in [1.29, 1.82) is 0 Å². The average molecular weight is 389 g/mol. The lowest BCUT2D eigenvalue weighted by atomic mass is 10.0. The first-order chi connectivity index (χ1) is 13.2. The third kappa shape index (κ3) is 5.41. The van der Waals surface area contributed by atoms with Gasteiger partial charge in [-0.25, -0.2) is 14.8 Å². The topological polar surface area (TPSA) is 207 Å². The van der Waals surface area contributed by atoms with Gasteiger partial charge in [0.2, 0.25) is 11.9 Å². The Labute approximate surface area is 161 Å². The van der Waals surface area contributed by atoms with E-state index < -0.39 is 24.0 Å². The molecule has 0 fully saturated rings. The number of aliphatic imine (C=N–C) groups is 2. The monoisotopic (exact) mass is 389 g/mol. The van der Waals surface area contributed by atoms with Crippen LogP contribution >= 0.6 is 0 Å². The molecule has 0 radical (unpaired) electrons. The number of benzene rings is 1. The predicted molar refractivity (Wildman–Crippen MR) is 103 cm³/mol. The number of hydrogen-bond donors (Lipinski definition) is 6. The third-order valence-electron chi connectivity index (χ3n) is 4.02. The molecule has 1 aromatic carbocycles. The standard InChI is InChI=1S/C16H23N9O3/c1-25(11-7-21-16(23-13(11)27)24-15(20)28)12(26)6-10(17)8-3-2-4-9(5-8)22-14(18)19/h2-5,10-11H,6-7,17H2,1H3,(H4,18,19,22)(H4,20,21,23,24,27,28)/t10-,11?/m1/s1. The van der Waals surface area contributed by atoms with Crippen LogP contribution in [0.2, 0.25) is 0 Å². The Morgan fingerprint density at radius 1 is 1.39 bits per heavy atom. The summed E-state index contributed by atoms with van der Waals surface area (Å²) in [7, 11) is 1.48. The number of nitrogens with one attached hydrogen (secondary N) is 2. The van der Waals surface area contributed by atoms with Crippen molar-refractivity contribution in [3.63, 3.8) is 0 Å². The van der Waals surface area contributed by atoms with Gasteiger partial charge < -0.3 is 27.8 Å². The number of carbonyl (C=O) groups is 3. The second-order valence-electron chi connectivity index (χ2n) is 6.13. The summed E-state index contributed by atoms with van der Waals surface area (Å²) in [6, 6.07) is 4.56. The number of nitrogens with zero attached hydrogens (tertiary/aromatic N) is 3. The first-order valence-electron chi connectivity index (χ1n) is 8.30. The molecule has 0 saturated carbocycles. The second-order valence-corrected chi connectivity index (χ2v) is 6.13. The summed E-state index contributed by atoms with van der Waals surface area (Å²) < 4.78 is 0. The molecule has 1 aliphatic heterocycles. The maximum atomic E-state index is 12.6. The van der Waals surface area contributed by atoms with E-state index in [-0.39, 0.29) is 30.8 Å². The van der Waals surface area contributed by atoms with Gasteiger partial charge in [0.15, 0.2) is 5.96 Å². The van der Waals surface area contributed by atoms with Crippen LogP contribution in [0.4, 0.5) is 10.5 Å². The zero-order chi connectivity index (χ0) is 20.8. The molecule has 1 aliphatic rings. The van der Waals surface area contributed by atoms with E-state index in [0.717, 1.165) is 0 Å². The van der Waals surface area contributed by atoms with Crippen molar-refractivity contribution >= 4 is 35.5 Å². The largest absolute Gasteiger partial charge is 0.370 e. The van der Waals surface area contributed by atoms with E-state index in [1.807, 2.05) is 0 Å². The van der Waals surface area contributed by atoms with Gasteiger partial charge in [0.25, 0.3) is 5.91 Å². The number of hydrogen-bond acceptors (Lipinski definition) is 6. The smallest absolute Gasteiger partial charge is 0.318 e. The summed E-state index contributed by atoms with van der Waals surface area (Å²) in [5.41, 5.74) is 23.0. The maximum absolute atomic E-state index is 12.6. The number of guanidine groups is 2. The molecule has 1 heterocycles. The van der Waals surface area contributed by atoms with E-state index in [2.05, 4.69) is 20.6 Å². The highest BCUT2D eigenvalue weighted by molar-refractivity contribution is 6.07. The Balaban J connectivity index is 2.02. The predicted octanol–water partition coefficient (Wildman–Crippen LogP) is -2.04. The molecule has 1 unspecified atom stereocenters. The SMILES string of the molecule is CN(C(=O)C[C@@H](N)c1cccc(N=C(N)N)c1)C1CN=C(NC(N)=O)NC1=O. The van der Waals surface area contributed by atoms with E-state index in [1.165, 1.54) is 11.9 Å². The van der Waals surface area contributed by atoms with E-state index >= 15 is 0 Å². The van der Waals surface area contributed by atoms with Crippen LogP contribution < -0.4 is 33.6 Å². The number of amides is 4. The lowest BCUT2D eigenvalue weighted by molar-refractivity contribution is -0.138. The van der Waals surface area contributed by atoms with Crippen LogP contribution in [0.15, 0.2) is 34.3 Å². The quantitative estimate of drug-likeness (QED) is 0.247. The van der Waals surface area contributed by atoms with Crippen LogP contribution in [0, 0.1) is 0 Å². The molecule has 1 aromatic rings. The number of primary amides is 1. The van der Waals surface area contributed by atoms with Crippen LogP contribution in [-0.4, -0.2) is 54.3 Å². The Hall–Kier alpha value is -3.67. The highest BCUT2D eigenvalue weighted by Crippen LogP contribution is 2.21. The Morgan fingerprint density at radius 3 is 2.71 bits per heavy atom. The van der Waals surface area contributed by atoms with Crippen LogP contribution in [0.3, 0.4) is 0 Å². The fraction of sp³-hybridized carbons (Fsp3) is 0.312. The molecule has 10 N–H and O–H groups in total. The summed E-state index contributed by atoms with van der Waals surface area (Å²) in [6.07, 6.45) is -0.0400. The molecule has 150 valence electrons. The normalized spacial score (nSPS) is 17.0. The second kappa shape index (κ2) is 8.81. The molecular formula is C16H23N9O3. The van der Waals surface area contributed by atoms with Gasteiger partial charge in [0.05, 0.1) is 12.2 Å². The molecule has 28 heavy (non-hydrogen) atoms. The molecule has 0 aliphatic carbocycles. The lowest BCUT2D eigenvalue weighted by Gasteiger charge is -2.30. The Morgan fingerprint density at radius 2 is 2.11 bits per heavy atom. The van der Waals surface area contributed by atoms with Crippen molar-refractivity contribution in [3.05, 3.63) is 29.8 Å². The number of nitrogens with two attached hydrogens (primary N) is 4. The molecule has 12 heteroatoms. The zero-order valence-corrected chi connectivity index (χ0v) is 15.3. The summed E-state index contributed by atoms with van der Waals surface area (Å²) in [5, 5.41) is 4.56. The van der Waals surface area contributed by atoms with Crippen LogP contribution in [-0.2, 0) is 9.59 Å². The van der Waals surface area contributed by atoms with Gasteiger partial charge in [0.1, 0.15) is 6.04 Å². The minimum Gasteiger partial charge on any atom is -0.370 e. The van der Waals surface area contributed by atoms with E-state index in [4.69, 9.17) is 22.9 Å². The van der Waals surface area contributed by atoms with Gasteiger partial charge in [-0.2, -0.15) is 0 Å². The number of urea groups is 1. The first-order valence-corrected chi connectivity index (χ1v) is 8.30. The molecule has 0 spiro atoms. The van der Waals surface area contributed by atoms with Gasteiger partial charge in [-0.15, -0.1) is 0 Å². The molecule has 4 amide bonds. The van der Waals surface area contributed by atoms with Gasteiger partial charge in [-0.05, 0) is 17.7 Å². The summed E-state index contributed by atoms with van der Waals surface area (Å²) in [4.78, 5) is 44.8. The highest BCUT2D eigenvalue weighted by atomic mass is 16.2. The lowest BCUT2D eigenvalue weighted by Crippen LogP contribution is -2.58. The number of likely N-dealkylation sites (N-methyl/N-ethyl adjacent to an activating group) is 1. The summed E-state index contributed by atoms with van der Waals surface area (Å²) in [5.74, 6) is -0.974. The van der Waals surface area contributed by atoms with Gasteiger partial charge >= 0.3 is 6.03 Å². The third-order valence-corrected chi connectivity index (χ3v) is 4.02. The number of carbonyl (C=O) groups excluding carboxylic acids is 3. The van der Waals surface area contributed by atoms with Crippen LogP contribution in [0.1, 0.15) is 18.0 Å². The minimum absolute atomic E-state index is 0.0150. The van der Waals surface area contributed by atoms with Crippen LogP contribution in [0.5, 0.6) is 0 Å². The summed E-state index contributed by atoms with van der Waals surface area (Å²) in [6.45, 7) is -0.0150. The highest BCUT2D eigenvalue weighted by Gasteiger charge is 2.31. The minimum atomic E-state index is -0.851. The first kappa shape index (κ1) is 20.6. The van der Waals surface area contributed by atoms with E-state index in [0.29, 0.717) is 11.3 Å². The zero-order valence-electron chi connectivity index (χ0n) is 15.3. The van der Waals surface area contributed by atoms with Crippen molar-refractivity contribution in [2.24, 2.45) is 32.9 Å². The van der Waals surface area contributed by atoms with Crippen molar-refractivity contribution in [1.82, 2.24) is 15.5 Å². The molecule has 0 aromatic heterocycles. The Bertz CT molecular complexity index is 832. The van der Waals surface area contributed by atoms with Crippen molar-refractivity contribution in [2.75, 3.05) is 13.6 Å². The maximum Gasteiger partial charge on any atom is 0.318 e. The summed E-state index contributed by atoms with van der Waals surface area (Å²) >= 11 is 0. The van der Waals surface area contributed by atoms with E-state index in [9.17, 15) is 14.4 Å².